The van der Waals surface area contributed by atoms with Crippen molar-refractivity contribution in [2.24, 2.45) is 0 Å². The van der Waals surface area contributed by atoms with Crippen LogP contribution in [0.2, 0.25) is 10.0 Å². The molecule has 5 nitrogen and oxygen atoms in total. The van der Waals surface area contributed by atoms with E-state index < -0.39 is 69.1 Å². The maximum atomic E-state index is 13.8. The van der Waals surface area contributed by atoms with Gasteiger partial charge in [-0.25, -0.2) is 13.5 Å². The lowest BCUT2D eigenvalue weighted by Gasteiger charge is -2.20. The molecule has 1 aromatic carbocycles. The molecule has 0 amide bonds. The van der Waals surface area contributed by atoms with Crippen LogP contribution in [-0.4, -0.2) is 28.5 Å². The van der Waals surface area contributed by atoms with Gasteiger partial charge < -0.3 is 10.5 Å². The molecule has 1 saturated carbocycles. The van der Waals surface area contributed by atoms with Gasteiger partial charge in [-0.15, -0.1) is 0 Å². The molecule has 1 heterocycles. The van der Waals surface area contributed by atoms with Crippen LogP contribution in [0.25, 0.3) is 5.69 Å². The third kappa shape index (κ3) is 3.12. The van der Waals surface area contributed by atoms with Gasteiger partial charge in [0.05, 0.1) is 15.6 Å². The molecule has 0 radical (unpaired) electrons. The lowest BCUT2D eigenvalue weighted by Crippen LogP contribution is -2.35. The molecule has 14 heteroatoms. The first-order valence-corrected chi connectivity index (χ1v) is 8.20. The van der Waals surface area contributed by atoms with E-state index in [0.717, 1.165) is 12.1 Å². The summed E-state index contributed by atoms with van der Waals surface area (Å²) in [6, 6.07) is 2.98. The minimum Gasteiger partial charge on any atom is -0.435 e. The number of nitrogen functional groups attached to an aromatic ring is 1. The van der Waals surface area contributed by atoms with Crippen LogP contribution in [-0.2, 0) is 5.41 Å². The van der Waals surface area contributed by atoms with Gasteiger partial charge in [-0.3, -0.25) is 0 Å². The van der Waals surface area contributed by atoms with Gasteiger partial charge in [0.1, 0.15) is 23.3 Å². The van der Waals surface area contributed by atoms with Gasteiger partial charge in [0.15, 0.2) is 11.1 Å². The molecule has 1 aliphatic rings. The first-order chi connectivity index (χ1) is 13.3. The number of rotatable bonds is 4. The third-order valence-corrected chi connectivity index (χ3v) is 4.93. The summed E-state index contributed by atoms with van der Waals surface area (Å²) in [4.78, 5) is 0. The Morgan fingerprint density at radius 1 is 1.24 bits per heavy atom. The minimum absolute atomic E-state index is 0.406. The highest BCUT2D eigenvalue weighted by Crippen LogP contribution is 2.70. The molecule has 0 bridgehead atoms. The summed E-state index contributed by atoms with van der Waals surface area (Å²) in [5.41, 5.74) is -0.649. The van der Waals surface area contributed by atoms with Gasteiger partial charge in [0.2, 0.25) is 0 Å². The topological polar surface area (TPSA) is 76.9 Å². The van der Waals surface area contributed by atoms with E-state index in [1.165, 1.54) is 6.07 Å². The van der Waals surface area contributed by atoms with Crippen LogP contribution >= 0.6 is 23.2 Å². The molecule has 0 aliphatic heterocycles. The lowest BCUT2D eigenvalue weighted by molar-refractivity contribution is -0.182. The summed E-state index contributed by atoms with van der Waals surface area (Å²) in [6.07, 6.45) is -7.05. The average Bonchev–Trinajstić information content (AvgIpc) is 3.00. The molecule has 1 fully saturated rings. The van der Waals surface area contributed by atoms with Crippen LogP contribution in [0.4, 0.5) is 36.6 Å². The van der Waals surface area contributed by atoms with E-state index in [4.69, 9.17) is 34.2 Å². The van der Waals surface area contributed by atoms with Gasteiger partial charge >= 0.3 is 12.8 Å². The quantitative estimate of drug-likeness (QED) is 0.643. The van der Waals surface area contributed by atoms with Crippen LogP contribution in [0.1, 0.15) is 17.7 Å². The molecule has 2 N–H and O–H groups in total. The van der Waals surface area contributed by atoms with Crippen molar-refractivity contribution in [1.82, 2.24) is 9.78 Å². The summed E-state index contributed by atoms with van der Waals surface area (Å²) in [5, 5.41) is 11.8. The maximum absolute atomic E-state index is 13.8. The maximum Gasteiger partial charge on any atom is 0.404 e. The molecular weight excluding hydrogens is 456 g/mol. The lowest BCUT2D eigenvalue weighted by atomic mass is 9.94. The van der Waals surface area contributed by atoms with Crippen LogP contribution in [0, 0.1) is 11.3 Å². The summed E-state index contributed by atoms with van der Waals surface area (Å²) in [7, 11) is 0. The highest BCUT2D eigenvalue weighted by Gasteiger charge is 2.86. The van der Waals surface area contributed by atoms with Crippen molar-refractivity contribution in [3.05, 3.63) is 33.4 Å². The molecule has 29 heavy (non-hydrogen) atoms. The second-order valence-electron chi connectivity index (χ2n) is 6.03. The molecular formula is C15H7Cl2F7N4O. The predicted octanol–water partition coefficient (Wildman–Crippen LogP) is 5.07. The van der Waals surface area contributed by atoms with E-state index in [9.17, 15) is 30.7 Å². The average molecular weight is 463 g/mol. The van der Waals surface area contributed by atoms with Crippen LogP contribution in [0.15, 0.2) is 12.1 Å². The van der Waals surface area contributed by atoms with Gasteiger partial charge in [0, 0.05) is 18.6 Å². The van der Waals surface area contributed by atoms with Gasteiger partial charge in [-0.1, -0.05) is 23.2 Å². The second-order valence-corrected chi connectivity index (χ2v) is 6.85. The number of benzene rings is 1. The van der Waals surface area contributed by atoms with E-state index in [-0.39, 0.29) is 0 Å². The summed E-state index contributed by atoms with van der Waals surface area (Å²) in [6.45, 7) is -3.22. The molecule has 156 valence electrons. The van der Waals surface area contributed by atoms with E-state index in [1.54, 1.807) is 0 Å². The number of nitriles is 1. The number of nitrogens with two attached hydrogens (primary N) is 1. The number of alkyl halides is 7. The monoisotopic (exact) mass is 462 g/mol. The number of hydrogen-bond acceptors (Lipinski definition) is 4. The van der Waals surface area contributed by atoms with Gasteiger partial charge in [0.25, 0.3) is 5.92 Å². The molecule has 3 rings (SSSR count). The van der Waals surface area contributed by atoms with Crippen LogP contribution < -0.4 is 10.5 Å². The number of halogens is 9. The first kappa shape index (κ1) is 21.3. The third-order valence-electron chi connectivity index (χ3n) is 4.35. The van der Waals surface area contributed by atoms with Crippen molar-refractivity contribution in [2.75, 3.05) is 5.73 Å². The van der Waals surface area contributed by atoms with E-state index >= 15 is 0 Å². The number of anilines is 1. The molecule has 2 aromatic rings. The van der Waals surface area contributed by atoms with Crippen molar-refractivity contribution in [1.29, 1.82) is 5.26 Å². The molecule has 0 spiro atoms. The van der Waals surface area contributed by atoms with Crippen LogP contribution in [0.5, 0.6) is 5.75 Å². The summed E-state index contributed by atoms with van der Waals surface area (Å²) in [5.74, 6) is -5.63. The van der Waals surface area contributed by atoms with Crippen molar-refractivity contribution in [3.8, 4) is 17.5 Å². The minimum atomic E-state index is -5.44. The standard InChI is InChI=1S/C15H7Cl2F7N4O/c16-6-1-5(29-12(18)19)2-7(17)10(6)28-11(26)9(8(3-25)27-28)13(15(22,23)24)4-14(13,20)21/h1-2,12H,4,26H2. The zero-order chi connectivity index (χ0) is 21.9. The SMILES string of the molecule is N#Cc1nn(-c2c(Cl)cc(OC(F)F)cc2Cl)c(N)c1C1(C(F)(F)F)CC1(F)F. The van der Waals surface area contributed by atoms with E-state index in [2.05, 4.69) is 9.84 Å². The fourth-order valence-electron chi connectivity index (χ4n) is 3.03. The van der Waals surface area contributed by atoms with Crippen molar-refractivity contribution in [2.45, 2.75) is 30.5 Å². The number of hydrogen-bond donors (Lipinski definition) is 1. The fourth-order valence-corrected chi connectivity index (χ4v) is 3.65. The predicted molar refractivity (Wildman–Crippen MR) is 86.6 cm³/mol. The molecule has 1 aromatic heterocycles. The van der Waals surface area contributed by atoms with Crippen molar-refractivity contribution >= 4 is 29.0 Å². The normalized spacial score (nSPS) is 20.6. The second kappa shape index (κ2) is 6.56. The first-order valence-electron chi connectivity index (χ1n) is 7.44. The molecule has 1 aliphatic carbocycles. The zero-order valence-corrected chi connectivity index (χ0v) is 15.2. The fraction of sp³-hybridized carbons (Fsp3) is 0.333. The zero-order valence-electron chi connectivity index (χ0n) is 13.7. The number of nitrogens with zero attached hydrogens (tertiary/aromatic N) is 3. The highest BCUT2D eigenvalue weighted by molar-refractivity contribution is 6.38. The summed E-state index contributed by atoms with van der Waals surface area (Å²) >= 11 is 11.9. The highest BCUT2D eigenvalue weighted by atomic mass is 35.5. The molecule has 1 unspecified atom stereocenters. The smallest absolute Gasteiger partial charge is 0.404 e. The Balaban J connectivity index is 2.23. The molecule has 0 saturated heterocycles. The Morgan fingerprint density at radius 2 is 1.76 bits per heavy atom. The number of ether oxygens (including phenoxy) is 1. The van der Waals surface area contributed by atoms with E-state index in [1.807, 2.05) is 0 Å². The largest absolute Gasteiger partial charge is 0.435 e. The Hall–Kier alpha value is -2.39. The Labute approximate surface area is 167 Å². The Morgan fingerprint density at radius 3 is 2.14 bits per heavy atom. The van der Waals surface area contributed by atoms with Gasteiger partial charge in [-0.2, -0.15) is 32.3 Å². The van der Waals surface area contributed by atoms with E-state index in [0.29, 0.717) is 4.68 Å². The Bertz CT molecular complexity index is 1010. The Kier molecular flexibility index (Phi) is 4.83. The molecule has 1 atom stereocenters. The van der Waals surface area contributed by atoms with Crippen molar-refractivity contribution < 1.29 is 35.5 Å². The number of aromatic nitrogens is 2. The van der Waals surface area contributed by atoms with Crippen LogP contribution in [0.3, 0.4) is 0 Å². The summed E-state index contributed by atoms with van der Waals surface area (Å²) < 4.78 is 97.4. The van der Waals surface area contributed by atoms with Crippen molar-refractivity contribution in [3.63, 3.8) is 0 Å². The van der Waals surface area contributed by atoms with Gasteiger partial charge in [-0.05, 0) is 0 Å².